The molecule has 1 spiro atoms. The molecule has 0 radical (unpaired) electrons. The van der Waals surface area contributed by atoms with E-state index in [0.717, 1.165) is 5.57 Å². The topological polar surface area (TPSA) is 119 Å². The average molecular weight is 551 g/mol. The van der Waals surface area contributed by atoms with Crippen molar-refractivity contribution in [1.29, 1.82) is 0 Å². The summed E-state index contributed by atoms with van der Waals surface area (Å²) in [5.41, 5.74) is -3.63. The highest BCUT2D eigenvalue weighted by Gasteiger charge is 2.84. The van der Waals surface area contributed by atoms with Gasteiger partial charge in [-0.2, -0.15) is 0 Å². The molecular formula is C32H38O8. The van der Waals surface area contributed by atoms with Gasteiger partial charge in [-0.3, -0.25) is 9.59 Å². The Balaban J connectivity index is 1.46. The van der Waals surface area contributed by atoms with Crippen LogP contribution in [0.2, 0.25) is 0 Å². The number of aliphatic hydroxyl groups is 2. The molecule has 7 aliphatic rings. The molecule has 214 valence electrons. The van der Waals surface area contributed by atoms with Crippen molar-refractivity contribution in [2.75, 3.05) is 0 Å². The minimum absolute atomic E-state index is 0.193. The Morgan fingerprint density at radius 2 is 1.85 bits per heavy atom. The number of allylic oxidation sites excluding steroid dienone is 1. The normalized spacial score (nSPS) is 53.8. The minimum atomic E-state index is -1.32. The molecule has 8 nitrogen and oxygen atoms in total. The molecule has 2 aliphatic heterocycles. The van der Waals surface area contributed by atoms with Gasteiger partial charge in [0.1, 0.15) is 18.3 Å². The lowest BCUT2D eigenvalue weighted by Gasteiger charge is -2.46. The number of carbonyl (C=O) groups excluding carboxylic acids is 3. The Kier molecular flexibility index (Phi) is 4.96. The van der Waals surface area contributed by atoms with E-state index >= 15 is 0 Å². The van der Waals surface area contributed by atoms with Crippen LogP contribution in [0.3, 0.4) is 0 Å². The van der Waals surface area contributed by atoms with Crippen LogP contribution in [0, 0.1) is 39.9 Å². The molecule has 0 aromatic rings. The Bertz CT molecular complexity index is 1360. The van der Waals surface area contributed by atoms with E-state index in [1.54, 1.807) is 0 Å². The third-order valence-electron chi connectivity index (χ3n) is 12.5. The number of rotatable bonds is 1. The predicted molar refractivity (Wildman–Crippen MR) is 142 cm³/mol. The van der Waals surface area contributed by atoms with Crippen LogP contribution in [-0.2, 0) is 28.6 Å². The van der Waals surface area contributed by atoms with Crippen LogP contribution in [0.15, 0.2) is 48.1 Å². The van der Waals surface area contributed by atoms with Crippen molar-refractivity contribution in [3.63, 3.8) is 0 Å². The van der Waals surface area contributed by atoms with Gasteiger partial charge in [0, 0.05) is 41.6 Å². The molecule has 3 saturated carbocycles. The van der Waals surface area contributed by atoms with Crippen molar-refractivity contribution < 1.29 is 38.8 Å². The standard InChI is InChI=1S/C32H38O8/c1-15-7-10-32(37)16(2)13-20(38-18(4)33)22-24(21(15)32)40-27(35)31(22)14-30-12-11-28(31,5)25(30)23-19(8-9-29(30,6)36)17(3)26(34)39-23/h7,11-12,19-25,36-37H,2-3,8-10,13-14H2,1,4-6H3/t19-,20-,21+,22+,23-,24+,25-,28+,29-,30-,31-,32+/m0/s1. The lowest BCUT2D eigenvalue weighted by atomic mass is 9.54. The molecule has 40 heavy (non-hydrogen) atoms. The molecule has 0 unspecified atom stereocenters. The van der Waals surface area contributed by atoms with Gasteiger partial charge in [0.15, 0.2) is 0 Å². The summed E-state index contributed by atoms with van der Waals surface area (Å²) in [5.74, 6) is -3.15. The number of hydrogen-bond acceptors (Lipinski definition) is 8. The van der Waals surface area contributed by atoms with Crippen LogP contribution >= 0.6 is 0 Å². The number of ether oxygens (including phenoxy) is 3. The zero-order valence-electron chi connectivity index (χ0n) is 23.6. The van der Waals surface area contributed by atoms with Gasteiger partial charge < -0.3 is 24.4 Å². The van der Waals surface area contributed by atoms with Gasteiger partial charge in [0.05, 0.1) is 28.5 Å². The Labute approximate surface area is 234 Å². The highest BCUT2D eigenvalue weighted by atomic mass is 16.6. The first-order valence-corrected chi connectivity index (χ1v) is 14.4. The predicted octanol–water partition coefficient (Wildman–Crippen LogP) is 3.33. The highest BCUT2D eigenvalue weighted by molar-refractivity contribution is 5.91. The molecule has 0 aromatic heterocycles. The van der Waals surface area contributed by atoms with Gasteiger partial charge in [-0.1, -0.05) is 43.9 Å². The maximum Gasteiger partial charge on any atom is 0.334 e. The summed E-state index contributed by atoms with van der Waals surface area (Å²) in [6.45, 7) is 15.4. The fourth-order valence-electron chi connectivity index (χ4n) is 10.6. The Morgan fingerprint density at radius 3 is 2.55 bits per heavy atom. The lowest BCUT2D eigenvalue weighted by Crippen LogP contribution is -2.53. The summed E-state index contributed by atoms with van der Waals surface area (Å²) in [5, 5.41) is 24.1. The third kappa shape index (κ3) is 2.69. The maximum atomic E-state index is 14.5. The van der Waals surface area contributed by atoms with E-state index in [-0.39, 0.29) is 18.8 Å². The second kappa shape index (κ2) is 7.57. The number of fused-ring (bicyclic) bond motifs is 6. The van der Waals surface area contributed by atoms with E-state index in [1.165, 1.54) is 6.92 Å². The fourth-order valence-corrected chi connectivity index (χ4v) is 10.6. The van der Waals surface area contributed by atoms with Crippen molar-refractivity contribution in [2.24, 2.45) is 39.9 Å². The first-order chi connectivity index (χ1) is 18.6. The zero-order valence-corrected chi connectivity index (χ0v) is 23.6. The van der Waals surface area contributed by atoms with Crippen molar-refractivity contribution in [3.8, 4) is 0 Å². The summed E-state index contributed by atoms with van der Waals surface area (Å²) >= 11 is 0. The van der Waals surface area contributed by atoms with E-state index in [2.05, 4.69) is 13.2 Å². The van der Waals surface area contributed by atoms with Crippen molar-refractivity contribution in [2.45, 2.75) is 89.3 Å². The van der Waals surface area contributed by atoms with E-state index in [0.29, 0.717) is 30.4 Å². The molecular weight excluding hydrogens is 512 g/mol. The maximum absolute atomic E-state index is 14.5. The molecule has 8 heteroatoms. The lowest BCUT2D eigenvalue weighted by molar-refractivity contribution is -0.161. The number of carbonyl (C=O) groups is 3. The Morgan fingerprint density at radius 1 is 1.12 bits per heavy atom. The summed E-state index contributed by atoms with van der Waals surface area (Å²) in [7, 11) is 0. The molecule has 5 aliphatic carbocycles. The summed E-state index contributed by atoms with van der Waals surface area (Å²) in [6.07, 6.45) is 5.72. The highest BCUT2D eigenvalue weighted by Crippen LogP contribution is 2.80. The summed E-state index contributed by atoms with van der Waals surface area (Å²) in [4.78, 5) is 39.8. The van der Waals surface area contributed by atoms with Gasteiger partial charge >= 0.3 is 17.9 Å². The summed E-state index contributed by atoms with van der Waals surface area (Å²) < 4.78 is 18.4. The molecule has 2 saturated heterocycles. The van der Waals surface area contributed by atoms with E-state index in [4.69, 9.17) is 14.2 Å². The van der Waals surface area contributed by atoms with Gasteiger partial charge in [-0.25, -0.2) is 4.79 Å². The molecule has 5 fully saturated rings. The molecule has 2 N–H and O–H groups in total. The van der Waals surface area contributed by atoms with E-state index in [9.17, 15) is 24.6 Å². The van der Waals surface area contributed by atoms with Crippen LogP contribution in [0.4, 0.5) is 0 Å². The van der Waals surface area contributed by atoms with E-state index < -0.39 is 81.4 Å². The first kappa shape index (κ1) is 26.2. The molecule has 7 rings (SSSR count). The van der Waals surface area contributed by atoms with Crippen LogP contribution in [-0.4, -0.2) is 57.6 Å². The molecule has 2 heterocycles. The Hall–Kier alpha value is -2.71. The fraction of sp³-hybridized carbons (Fsp3) is 0.656. The number of hydrogen-bond donors (Lipinski definition) is 2. The van der Waals surface area contributed by atoms with Crippen molar-refractivity contribution in [1.82, 2.24) is 0 Å². The largest absolute Gasteiger partial charge is 0.462 e. The first-order valence-electron chi connectivity index (χ1n) is 14.4. The zero-order chi connectivity index (χ0) is 28.8. The van der Waals surface area contributed by atoms with Gasteiger partial charge in [0.25, 0.3) is 0 Å². The summed E-state index contributed by atoms with van der Waals surface area (Å²) in [6, 6.07) is 0. The monoisotopic (exact) mass is 550 g/mol. The van der Waals surface area contributed by atoms with Crippen molar-refractivity contribution >= 4 is 17.9 Å². The van der Waals surface area contributed by atoms with Gasteiger partial charge in [-0.15, -0.1) is 0 Å². The van der Waals surface area contributed by atoms with Crippen LogP contribution in [0.5, 0.6) is 0 Å². The molecule has 0 aromatic carbocycles. The molecule has 0 amide bonds. The van der Waals surface area contributed by atoms with Gasteiger partial charge in [-0.05, 0) is 45.1 Å². The SMILES string of the molecule is C=C1C(=O)O[C@@H]2[C@@H]3[C@@]4(C=C[C@@]3(C)[C@]3(C4)C(=O)O[C@H]4[C@H]3[C@@H](OC(C)=O)CC(=C)[C@]3(O)CC=C(C)[C@H]43)[C@@](C)(O)CC[C@@H]12. The third-order valence-corrected chi connectivity index (χ3v) is 12.5. The second-order valence-corrected chi connectivity index (χ2v) is 14.0. The molecule has 2 bridgehead atoms. The van der Waals surface area contributed by atoms with Crippen molar-refractivity contribution in [3.05, 3.63) is 48.1 Å². The quantitative estimate of drug-likeness (QED) is 0.221. The smallest absolute Gasteiger partial charge is 0.334 e. The average Bonchev–Trinajstić information content (AvgIpc) is 3.55. The number of esters is 3. The minimum Gasteiger partial charge on any atom is -0.462 e. The van der Waals surface area contributed by atoms with Crippen LogP contribution in [0.1, 0.15) is 59.8 Å². The molecule has 12 atom stereocenters. The van der Waals surface area contributed by atoms with E-state index in [1.807, 2.05) is 39.0 Å². The second-order valence-electron chi connectivity index (χ2n) is 14.0. The van der Waals surface area contributed by atoms with Crippen LogP contribution in [0.25, 0.3) is 0 Å². The van der Waals surface area contributed by atoms with Gasteiger partial charge in [0.2, 0.25) is 0 Å². The van der Waals surface area contributed by atoms with Crippen LogP contribution < -0.4 is 0 Å².